The standard InChI is InChI=1S/C37H42O14/c1-16-22(38)7-9-27(48-16)50-24-8-10-28(49-17(24)2)51-35(4)14-26(40)37(46)30-21(11-12-36(37,45)15-35)33(43)29-20(34(30)44)6-5-19(32(29)42)25-13-23(39)31(41)18(3)47-25/h5-7,9,11-12,16-18,23-25,27-28,31,39,41-42,45-46H,8,10,13-15H2,1-4H3/t16-,17-,18+,23+,24-,25+,27-,28-,31+,35-,36-,37-/m0/s1. The Hall–Kier alpha value is -3.44. The molecule has 1 aromatic rings. The number of hydrogen-bond donors (Lipinski definition) is 5. The van der Waals surface area contributed by atoms with Crippen LogP contribution in [0.15, 0.2) is 47.6 Å². The van der Waals surface area contributed by atoms with Crippen LogP contribution in [-0.4, -0.2) is 115 Å². The van der Waals surface area contributed by atoms with E-state index < -0.39 is 101 Å². The first-order chi connectivity index (χ1) is 24.0. The van der Waals surface area contributed by atoms with E-state index in [0.29, 0.717) is 12.8 Å². The van der Waals surface area contributed by atoms with E-state index in [0.717, 1.165) is 6.08 Å². The van der Waals surface area contributed by atoms with Gasteiger partial charge in [-0.1, -0.05) is 12.1 Å². The summed E-state index contributed by atoms with van der Waals surface area (Å²) in [6.07, 6.45) is -1.70. The number of aliphatic hydroxyl groups is 4. The molecular formula is C37H42O14. The van der Waals surface area contributed by atoms with E-state index in [1.165, 1.54) is 24.3 Å². The molecule has 3 fully saturated rings. The van der Waals surface area contributed by atoms with Crippen LogP contribution in [0.5, 0.6) is 5.75 Å². The average Bonchev–Trinajstić information content (AvgIpc) is 3.05. The van der Waals surface area contributed by atoms with Gasteiger partial charge in [-0.25, -0.2) is 0 Å². The summed E-state index contributed by atoms with van der Waals surface area (Å²) in [7, 11) is 0. The molecule has 5 N–H and O–H groups in total. The summed E-state index contributed by atoms with van der Waals surface area (Å²) >= 11 is 0. The topological polar surface area (TPSA) is 216 Å². The third kappa shape index (κ3) is 5.77. The number of carbonyl (C=O) groups excluding carboxylic acids is 4. The lowest BCUT2D eigenvalue weighted by molar-refractivity contribution is -0.290. The second kappa shape index (κ2) is 12.6. The third-order valence-corrected chi connectivity index (χ3v) is 11.0. The fourth-order valence-corrected chi connectivity index (χ4v) is 8.27. The molecule has 51 heavy (non-hydrogen) atoms. The summed E-state index contributed by atoms with van der Waals surface area (Å²) in [6, 6.07) is 2.63. The molecular weight excluding hydrogens is 668 g/mol. The van der Waals surface area contributed by atoms with Gasteiger partial charge in [0, 0.05) is 42.4 Å². The Kier molecular flexibility index (Phi) is 8.88. The SMILES string of the molecule is C[C@@H]1O[C@@H](O[C@H]2CC[C@H](O[C@@]3(C)CC(=O)[C@]4(O)C5=C(C=C[C@]4(O)C3)C(=O)c3c(ccc([C@H]4C[C@@H](O)[C@H](O)[C@@H](C)O4)c3O)C5=O)O[C@H]2C)C=CC1=O. The zero-order valence-corrected chi connectivity index (χ0v) is 28.6. The number of rotatable bonds is 5. The summed E-state index contributed by atoms with van der Waals surface area (Å²) < 4.78 is 29.8. The summed E-state index contributed by atoms with van der Waals surface area (Å²) in [6.45, 7) is 6.59. The van der Waals surface area contributed by atoms with Crippen molar-refractivity contribution in [1.29, 1.82) is 0 Å². The van der Waals surface area contributed by atoms with Gasteiger partial charge in [0.25, 0.3) is 0 Å². The van der Waals surface area contributed by atoms with E-state index in [9.17, 15) is 44.7 Å². The predicted octanol–water partition coefficient (Wildman–Crippen LogP) is 1.59. The van der Waals surface area contributed by atoms with Crippen molar-refractivity contribution in [3.05, 3.63) is 64.3 Å². The van der Waals surface area contributed by atoms with Gasteiger partial charge >= 0.3 is 0 Å². The first-order valence-corrected chi connectivity index (χ1v) is 17.2. The number of ether oxygens (including phenoxy) is 5. The number of hydrogen-bond acceptors (Lipinski definition) is 14. The third-order valence-electron chi connectivity index (χ3n) is 11.0. The highest BCUT2D eigenvalue weighted by Gasteiger charge is 2.67. The number of fused-ring (bicyclic) bond motifs is 3. The quantitative estimate of drug-likeness (QED) is 0.294. The maximum atomic E-state index is 14.1. The van der Waals surface area contributed by atoms with Crippen molar-refractivity contribution in [2.24, 2.45) is 0 Å². The van der Waals surface area contributed by atoms with Crippen LogP contribution in [0.4, 0.5) is 0 Å². The van der Waals surface area contributed by atoms with Gasteiger partial charge in [0.15, 0.2) is 41.3 Å². The lowest BCUT2D eigenvalue weighted by Gasteiger charge is -2.53. The van der Waals surface area contributed by atoms with E-state index >= 15 is 0 Å². The summed E-state index contributed by atoms with van der Waals surface area (Å²) in [4.78, 5) is 53.7. The number of benzene rings is 1. The minimum atomic E-state index is -2.80. The van der Waals surface area contributed by atoms with Crippen LogP contribution >= 0.6 is 0 Å². The van der Waals surface area contributed by atoms with Crippen LogP contribution in [-0.2, 0) is 33.3 Å². The molecule has 0 unspecified atom stereocenters. The van der Waals surface area contributed by atoms with E-state index in [-0.39, 0.29) is 47.0 Å². The highest BCUT2D eigenvalue weighted by Crippen LogP contribution is 2.53. The lowest BCUT2D eigenvalue weighted by atomic mass is 9.57. The van der Waals surface area contributed by atoms with Crippen LogP contribution in [0.3, 0.4) is 0 Å². The minimum Gasteiger partial charge on any atom is -0.507 e. The second-order valence-electron chi connectivity index (χ2n) is 14.7. The molecule has 1 saturated carbocycles. The van der Waals surface area contributed by atoms with Gasteiger partial charge in [0.2, 0.25) is 0 Å². The average molecular weight is 711 g/mol. The van der Waals surface area contributed by atoms with Crippen LogP contribution in [0.2, 0.25) is 0 Å². The second-order valence-corrected chi connectivity index (χ2v) is 14.7. The van der Waals surface area contributed by atoms with E-state index in [1.807, 2.05) is 0 Å². The zero-order valence-electron chi connectivity index (χ0n) is 28.6. The van der Waals surface area contributed by atoms with Crippen molar-refractivity contribution >= 4 is 23.1 Å². The fourth-order valence-electron chi connectivity index (χ4n) is 8.27. The Morgan fingerprint density at radius 3 is 2.35 bits per heavy atom. The Bertz CT molecular complexity index is 1770. The minimum absolute atomic E-state index is 0.0787. The van der Waals surface area contributed by atoms with E-state index in [4.69, 9.17) is 23.7 Å². The molecule has 0 aromatic heterocycles. The van der Waals surface area contributed by atoms with Crippen molar-refractivity contribution < 1.29 is 68.4 Å². The number of carbonyl (C=O) groups is 4. The molecule has 3 heterocycles. The molecule has 3 aliphatic heterocycles. The summed E-state index contributed by atoms with van der Waals surface area (Å²) in [5, 5.41) is 55.7. The maximum absolute atomic E-state index is 14.1. The van der Waals surface area contributed by atoms with Gasteiger partial charge in [-0.3, -0.25) is 19.2 Å². The van der Waals surface area contributed by atoms with Crippen molar-refractivity contribution in [2.45, 2.75) is 132 Å². The van der Waals surface area contributed by atoms with Crippen molar-refractivity contribution in [3.8, 4) is 5.75 Å². The van der Waals surface area contributed by atoms with Gasteiger partial charge in [0.05, 0.1) is 47.3 Å². The smallest absolute Gasteiger partial charge is 0.198 e. The van der Waals surface area contributed by atoms with Crippen LogP contribution < -0.4 is 0 Å². The molecule has 6 aliphatic rings. The molecule has 12 atom stereocenters. The normalized spacial score (nSPS) is 42.5. The molecule has 14 nitrogen and oxygen atoms in total. The molecule has 274 valence electrons. The number of aromatic hydroxyl groups is 1. The molecule has 1 aromatic carbocycles. The number of phenols is 1. The highest BCUT2D eigenvalue weighted by molar-refractivity contribution is 6.32. The predicted molar refractivity (Wildman–Crippen MR) is 173 cm³/mol. The molecule has 2 saturated heterocycles. The lowest BCUT2D eigenvalue weighted by Crippen LogP contribution is -2.69. The Labute approximate surface area is 293 Å². The molecule has 0 spiro atoms. The number of Topliss-reactive ketones (excluding diaryl/α,β-unsaturated/α-hetero) is 3. The van der Waals surface area contributed by atoms with Gasteiger partial charge in [-0.05, 0) is 58.4 Å². The Morgan fingerprint density at radius 1 is 0.922 bits per heavy atom. The molecule has 0 radical (unpaired) electrons. The van der Waals surface area contributed by atoms with E-state index in [1.54, 1.807) is 33.8 Å². The summed E-state index contributed by atoms with van der Waals surface area (Å²) in [5.41, 5.74) is -7.94. The largest absolute Gasteiger partial charge is 0.507 e. The van der Waals surface area contributed by atoms with Gasteiger partial charge < -0.3 is 49.2 Å². The monoisotopic (exact) mass is 710 g/mol. The van der Waals surface area contributed by atoms with Crippen molar-refractivity contribution in [1.82, 2.24) is 0 Å². The molecule has 7 rings (SSSR count). The van der Waals surface area contributed by atoms with Gasteiger partial charge in [-0.15, -0.1) is 0 Å². The number of aliphatic hydroxyl groups excluding tert-OH is 2. The maximum Gasteiger partial charge on any atom is 0.198 e. The van der Waals surface area contributed by atoms with Crippen molar-refractivity contribution in [3.63, 3.8) is 0 Å². The number of phenolic OH excluding ortho intramolecular Hbond substituents is 1. The number of ketones is 4. The van der Waals surface area contributed by atoms with Crippen LogP contribution in [0.1, 0.15) is 92.2 Å². The van der Waals surface area contributed by atoms with Crippen LogP contribution in [0, 0.1) is 0 Å². The van der Waals surface area contributed by atoms with Gasteiger partial charge in [-0.2, -0.15) is 0 Å². The van der Waals surface area contributed by atoms with Crippen molar-refractivity contribution in [2.75, 3.05) is 0 Å². The zero-order chi connectivity index (χ0) is 36.8. The Morgan fingerprint density at radius 2 is 1.67 bits per heavy atom. The fraction of sp³-hybridized carbons (Fsp3) is 0.568. The molecule has 3 aliphatic carbocycles. The van der Waals surface area contributed by atoms with Crippen LogP contribution in [0.25, 0.3) is 0 Å². The first kappa shape index (κ1) is 35.9. The number of allylic oxidation sites excluding steroid dienone is 2. The highest BCUT2D eigenvalue weighted by atomic mass is 16.7. The molecule has 0 bridgehead atoms. The molecule has 0 amide bonds. The van der Waals surface area contributed by atoms with E-state index in [2.05, 4.69) is 0 Å². The molecule has 14 heteroatoms. The summed E-state index contributed by atoms with van der Waals surface area (Å²) in [5.74, 6) is -3.40. The first-order valence-electron chi connectivity index (χ1n) is 17.2. The Balaban J connectivity index is 1.09. The van der Waals surface area contributed by atoms with Gasteiger partial charge in [0.1, 0.15) is 23.6 Å².